The quantitative estimate of drug-likeness (QED) is 0.242. The third-order valence-electron chi connectivity index (χ3n) is 5.58. The summed E-state index contributed by atoms with van der Waals surface area (Å²) in [5.41, 5.74) is 2.52. The smallest absolute Gasteiger partial charge is 0.198 e. The Balaban J connectivity index is 2.05. The highest BCUT2D eigenvalue weighted by atomic mass is 79.9. The fourth-order valence-electron chi connectivity index (χ4n) is 3.89. The van der Waals surface area contributed by atoms with Gasteiger partial charge in [-0.05, 0) is 41.3 Å². The van der Waals surface area contributed by atoms with E-state index in [4.69, 9.17) is 9.47 Å². The van der Waals surface area contributed by atoms with Crippen LogP contribution in [0.1, 0.15) is 76.9 Å². The summed E-state index contributed by atoms with van der Waals surface area (Å²) in [6, 6.07) is 7.00. The average molecular weight is 501 g/mol. The molecule has 0 amide bonds. The third kappa shape index (κ3) is 3.70. The van der Waals surface area contributed by atoms with E-state index in [-0.39, 0.29) is 11.6 Å². The first-order valence-corrected chi connectivity index (χ1v) is 12.3. The van der Waals surface area contributed by atoms with Crippen molar-refractivity contribution in [3.05, 3.63) is 55.9 Å². The second kappa shape index (κ2) is 9.13. The predicted octanol–water partition coefficient (Wildman–Crippen LogP) is 7.11. The van der Waals surface area contributed by atoms with Crippen molar-refractivity contribution in [1.82, 2.24) is 0 Å². The summed E-state index contributed by atoms with van der Waals surface area (Å²) in [7, 11) is 0. The maximum atomic E-state index is 13.7. The Bertz CT molecular complexity index is 1180. The summed E-state index contributed by atoms with van der Waals surface area (Å²) in [6.07, 6.45) is 3.70. The second-order valence-corrected chi connectivity index (χ2v) is 10.1. The molecule has 1 heterocycles. The number of rotatable bonds is 8. The molecule has 2 aromatic carbocycles. The van der Waals surface area contributed by atoms with E-state index in [2.05, 4.69) is 29.8 Å². The van der Waals surface area contributed by atoms with E-state index in [1.807, 2.05) is 6.92 Å². The number of benzene rings is 2. The predicted molar refractivity (Wildman–Crippen MR) is 128 cm³/mol. The van der Waals surface area contributed by atoms with Crippen LogP contribution in [0.25, 0.3) is 10.1 Å². The van der Waals surface area contributed by atoms with Crippen LogP contribution in [-0.4, -0.2) is 24.8 Å². The molecule has 0 fully saturated rings. The van der Waals surface area contributed by atoms with Crippen molar-refractivity contribution in [3.8, 4) is 11.5 Å². The molecule has 0 unspecified atom stereocenters. The van der Waals surface area contributed by atoms with Crippen LogP contribution in [0.15, 0.2) is 28.1 Å². The van der Waals surface area contributed by atoms with Crippen LogP contribution in [-0.2, 0) is 0 Å². The van der Waals surface area contributed by atoms with Gasteiger partial charge in [-0.2, -0.15) is 0 Å². The lowest BCUT2D eigenvalue weighted by molar-refractivity contribution is 0.0972. The van der Waals surface area contributed by atoms with Crippen molar-refractivity contribution in [2.75, 3.05) is 13.2 Å². The molecule has 1 aromatic heterocycles. The molecule has 0 radical (unpaired) electrons. The molecule has 0 aliphatic heterocycles. The van der Waals surface area contributed by atoms with Crippen LogP contribution >= 0.6 is 27.3 Å². The number of hydrogen-bond acceptors (Lipinski definition) is 5. The summed E-state index contributed by atoms with van der Waals surface area (Å²) in [6.45, 7) is 7.17. The molecule has 0 bridgehead atoms. The van der Waals surface area contributed by atoms with Gasteiger partial charge < -0.3 is 9.47 Å². The summed E-state index contributed by atoms with van der Waals surface area (Å²) >= 11 is 5.17. The second-order valence-electron chi connectivity index (χ2n) is 7.72. The van der Waals surface area contributed by atoms with Gasteiger partial charge in [0.25, 0.3) is 0 Å². The molecule has 4 nitrogen and oxygen atoms in total. The number of ether oxygens (including phenoxy) is 2. The van der Waals surface area contributed by atoms with E-state index in [1.165, 1.54) is 11.3 Å². The van der Waals surface area contributed by atoms with E-state index >= 15 is 0 Å². The summed E-state index contributed by atoms with van der Waals surface area (Å²) < 4.78 is 14.2. The highest BCUT2D eigenvalue weighted by molar-refractivity contribution is 9.11. The molecule has 6 heteroatoms. The lowest BCUT2D eigenvalue weighted by Gasteiger charge is -2.24. The van der Waals surface area contributed by atoms with Crippen LogP contribution in [0.3, 0.4) is 0 Å². The Hall–Kier alpha value is -2.18. The van der Waals surface area contributed by atoms with E-state index in [0.717, 1.165) is 45.1 Å². The summed E-state index contributed by atoms with van der Waals surface area (Å²) in [5.74, 6) is 0.656. The number of unbranched alkanes of at least 4 members (excludes halogenated alkanes) is 2. The number of ketones is 2. The molecule has 0 spiro atoms. The molecule has 0 atom stereocenters. The van der Waals surface area contributed by atoms with Gasteiger partial charge >= 0.3 is 0 Å². The van der Waals surface area contributed by atoms with Crippen LogP contribution in [0.4, 0.5) is 0 Å². The van der Waals surface area contributed by atoms with Crippen molar-refractivity contribution in [1.29, 1.82) is 0 Å². The topological polar surface area (TPSA) is 52.6 Å². The lowest BCUT2D eigenvalue weighted by Crippen LogP contribution is -2.23. The van der Waals surface area contributed by atoms with Crippen LogP contribution in [0.2, 0.25) is 0 Å². The monoisotopic (exact) mass is 500 g/mol. The lowest BCUT2D eigenvalue weighted by atomic mass is 9.82. The van der Waals surface area contributed by atoms with Crippen LogP contribution < -0.4 is 9.47 Å². The molecule has 1 aliphatic carbocycles. The molecule has 0 N–H and O–H groups in total. The Morgan fingerprint density at radius 3 is 1.94 bits per heavy atom. The van der Waals surface area contributed by atoms with Gasteiger partial charge in [-0.15, -0.1) is 11.3 Å². The number of carbonyl (C=O) groups excluding carboxylic acids is 2. The van der Waals surface area contributed by atoms with Crippen LogP contribution in [0.5, 0.6) is 11.5 Å². The SMILES string of the molecule is CCCCOc1c2c(c(OCCCC)c3c(C)c(Br)sc13)C(=O)c1ccccc1C2=O. The zero-order chi connectivity index (χ0) is 22.1. The first-order chi connectivity index (χ1) is 15.0. The molecule has 0 saturated carbocycles. The fourth-order valence-corrected chi connectivity index (χ4v) is 5.61. The van der Waals surface area contributed by atoms with Crippen molar-refractivity contribution in [2.45, 2.75) is 46.5 Å². The molecule has 4 rings (SSSR count). The summed E-state index contributed by atoms with van der Waals surface area (Å²) in [5, 5.41) is 0.860. The highest BCUT2D eigenvalue weighted by Crippen LogP contribution is 2.51. The zero-order valence-electron chi connectivity index (χ0n) is 18.0. The molecule has 0 saturated heterocycles. The minimum absolute atomic E-state index is 0.180. The van der Waals surface area contributed by atoms with Gasteiger partial charge in [0.2, 0.25) is 0 Å². The minimum atomic E-state index is -0.180. The standard InChI is InChI=1S/C25H25BrO4S/c1-4-6-12-29-22-17-14(3)25(26)31-24(17)23(30-13-7-5-2)19-18(22)20(27)15-10-8-9-11-16(15)21(19)28/h8-11H,4-7,12-13H2,1-3H3. The maximum Gasteiger partial charge on any atom is 0.198 e. The Labute approximate surface area is 194 Å². The average Bonchev–Trinajstić information content (AvgIpc) is 3.07. The molecule has 162 valence electrons. The molecule has 1 aliphatic rings. The zero-order valence-corrected chi connectivity index (χ0v) is 20.4. The number of thiophene rings is 1. The highest BCUT2D eigenvalue weighted by Gasteiger charge is 2.38. The van der Waals surface area contributed by atoms with Gasteiger partial charge in [0.1, 0.15) is 11.5 Å². The van der Waals surface area contributed by atoms with E-state index in [9.17, 15) is 9.59 Å². The molecule has 31 heavy (non-hydrogen) atoms. The van der Waals surface area contributed by atoms with Crippen molar-refractivity contribution in [2.24, 2.45) is 0 Å². The van der Waals surface area contributed by atoms with Gasteiger partial charge in [-0.1, -0.05) is 51.0 Å². The fraction of sp³-hybridized carbons (Fsp3) is 0.360. The van der Waals surface area contributed by atoms with Crippen molar-refractivity contribution in [3.63, 3.8) is 0 Å². The van der Waals surface area contributed by atoms with E-state index in [1.54, 1.807) is 24.3 Å². The van der Waals surface area contributed by atoms with Gasteiger partial charge in [0.15, 0.2) is 11.6 Å². The number of carbonyl (C=O) groups is 2. The van der Waals surface area contributed by atoms with Gasteiger partial charge in [-0.25, -0.2) is 0 Å². The largest absolute Gasteiger partial charge is 0.492 e. The van der Waals surface area contributed by atoms with E-state index < -0.39 is 0 Å². The first-order valence-electron chi connectivity index (χ1n) is 10.7. The third-order valence-corrected chi connectivity index (χ3v) is 7.74. The Morgan fingerprint density at radius 1 is 0.871 bits per heavy atom. The normalized spacial score (nSPS) is 12.8. The number of hydrogen-bond donors (Lipinski definition) is 0. The number of halogens is 1. The van der Waals surface area contributed by atoms with Crippen LogP contribution in [0, 0.1) is 6.92 Å². The molecular formula is C25H25BrO4S. The van der Waals surface area contributed by atoms with E-state index in [0.29, 0.717) is 47.0 Å². The number of aryl methyl sites for hydroxylation is 1. The first kappa shape index (κ1) is 22.0. The Morgan fingerprint density at radius 2 is 1.39 bits per heavy atom. The van der Waals surface area contributed by atoms with Gasteiger partial charge in [-0.3, -0.25) is 9.59 Å². The van der Waals surface area contributed by atoms with Crippen molar-refractivity contribution < 1.29 is 19.1 Å². The molecular weight excluding hydrogens is 476 g/mol. The minimum Gasteiger partial charge on any atom is -0.492 e. The Kier molecular flexibility index (Phi) is 6.49. The van der Waals surface area contributed by atoms with Gasteiger partial charge in [0.05, 0.1) is 32.8 Å². The number of fused-ring (bicyclic) bond motifs is 3. The molecule has 3 aromatic rings. The van der Waals surface area contributed by atoms with Gasteiger partial charge in [0, 0.05) is 16.5 Å². The maximum absolute atomic E-state index is 13.7. The van der Waals surface area contributed by atoms with Crippen molar-refractivity contribution >= 4 is 48.9 Å². The summed E-state index contributed by atoms with van der Waals surface area (Å²) in [4.78, 5) is 27.3.